The fraction of sp³-hybridized carbons (Fsp3) is 0.952. The van der Waals surface area contributed by atoms with Gasteiger partial charge in [0.25, 0.3) is 0 Å². The van der Waals surface area contributed by atoms with Crippen LogP contribution >= 0.6 is 7.60 Å². The van der Waals surface area contributed by atoms with Gasteiger partial charge in [0.1, 0.15) is 0 Å². The Morgan fingerprint density at radius 1 is 1.07 bits per heavy atom. The smallest absolute Gasteiger partial charge is 0.352 e. The molecule has 4 bridgehead atoms. The molecule has 2 unspecified atom stereocenters. The van der Waals surface area contributed by atoms with E-state index in [9.17, 15) is 4.57 Å². The number of hydrogen-bond acceptors (Lipinski definition) is 5. The van der Waals surface area contributed by atoms with Gasteiger partial charge in [0.05, 0.1) is 25.1 Å². The molecule has 5 rings (SSSR count). The van der Waals surface area contributed by atoms with Gasteiger partial charge in [-0.2, -0.15) is 0 Å². The first kappa shape index (κ1) is 19.9. The standard InChI is InChI=1S/C21H37N2O3P/c1-6-25-27(24,26-7-2)19-20(4,5)23(14-22-19)15(3)21-11-16-8-17(12-21)10-18(9-16)13-21/h14-19H,6-13H2,1-5H3. The van der Waals surface area contributed by atoms with E-state index in [1.807, 2.05) is 20.2 Å². The minimum absolute atomic E-state index is 0.372. The molecule has 1 heterocycles. The third-order valence-corrected chi connectivity index (χ3v) is 10.5. The topological polar surface area (TPSA) is 51.1 Å². The van der Waals surface area contributed by atoms with E-state index in [0.29, 0.717) is 24.7 Å². The lowest BCUT2D eigenvalue weighted by Crippen LogP contribution is -2.60. The summed E-state index contributed by atoms with van der Waals surface area (Å²) in [4.78, 5) is 7.11. The van der Waals surface area contributed by atoms with Crippen molar-refractivity contribution in [1.29, 1.82) is 0 Å². The fourth-order valence-corrected chi connectivity index (χ4v) is 9.40. The molecule has 4 saturated carbocycles. The highest BCUT2D eigenvalue weighted by atomic mass is 31.2. The molecule has 6 heteroatoms. The van der Waals surface area contributed by atoms with Crippen LogP contribution in [0.5, 0.6) is 0 Å². The zero-order chi connectivity index (χ0) is 19.4. The van der Waals surface area contributed by atoms with Crippen LogP contribution < -0.4 is 0 Å². The monoisotopic (exact) mass is 396 g/mol. The van der Waals surface area contributed by atoms with Gasteiger partial charge in [-0.15, -0.1) is 0 Å². The van der Waals surface area contributed by atoms with Gasteiger partial charge in [-0.25, -0.2) is 0 Å². The average Bonchev–Trinajstić information content (AvgIpc) is 2.88. The van der Waals surface area contributed by atoms with Crippen molar-refractivity contribution in [2.45, 2.75) is 90.5 Å². The lowest BCUT2D eigenvalue weighted by Gasteiger charge is -2.61. The molecule has 0 amide bonds. The van der Waals surface area contributed by atoms with E-state index in [-0.39, 0.29) is 5.54 Å². The summed E-state index contributed by atoms with van der Waals surface area (Å²) < 4.78 is 24.8. The van der Waals surface area contributed by atoms with Crippen LogP contribution in [-0.4, -0.2) is 41.8 Å². The zero-order valence-corrected chi connectivity index (χ0v) is 18.6. The van der Waals surface area contributed by atoms with Crippen LogP contribution in [0.1, 0.15) is 73.1 Å². The summed E-state index contributed by atoms with van der Waals surface area (Å²) in [6, 6.07) is 0.409. The van der Waals surface area contributed by atoms with Crippen molar-refractivity contribution in [3.63, 3.8) is 0 Å². The number of nitrogens with zero attached hydrogens (tertiary/aromatic N) is 2. The third-order valence-electron chi connectivity index (χ3n) is 7.94. The molecule has 0 aromatic carbocycles. The lowest BCUT2D eigenvalue weighted by atomic mass is 9.47. The largest absolute Gasteiger partial charge is 0.357 e. The maximum atomic E-state index is 13.5. The second kappa shape index (κ2) is 6.85. The van der Waals surface area contributed by atoms with Crippen LogP contribution in [0.2, 0.25) is 0 Å². The molecule has 5 nitrogen and oxygen atoms in total. The molecule has 4 aliphatic carbocycles. The minimum Gasteiger partial charge on any atom is -0.352 e. The molecule has 0 radical (unpaired) electrons. The Labute approximate surface area is 164 Å². The molecule has 154 valence electrons. The quantitative estimate of drug-likeness (QED) is 0.548. The Morgan fingerprint density at radius 2 is 1.56 bits per heavy atom. The summed E-state index contributed by atoms with van der Waals surface area (Å²) in [6.07, 6.45) is 10.4. The molecule has 0 aromatic rings. The SMILES string of the molecule is CCOP(=O)(OCC)C1N=CN(C(C)C23CC4CC(CC(C4)C2)C3)C1(C)C. The van der Waals surface area contributed by atoms with E-state index in [0.717, 1.165) is 17.8 Å². The van der Waals surface area contributed by atoms with E-state index in [1.54, 1.807) is 0 Å². The molecular formula is C21H37N2O3P. The molecule has 0 N–H and O–H groups in total. The first-order chi connectivity index (χ1) is 12.7. The first-order valence-corrected chi connectivity index (χ1v) is 12.6. The van der Waals surface area contributed by atoms with Gasteiger partial charge >= 0.3 is 7.60 Å². The van der Waals surface area contributed by atoms with Gasteiger partial charge in [-0.1, -0.05) is 0 Å². The summed E-state index contributed by atoms with van der Waals surface area (Å²) in [5.41, 5.74) is 0.0246. The third kappa shape index (κ3) is 3.13. The summed E-state index contributed by atoms with van der Waals surface area (Å²) in [5, 5.41) is 0. The van der Waals surface area contributed by atoms with Crippen molar-refractivity contribution in [3.8, 4) is 0 Å². The van der Waals surface area contributed by atoms with Crippen molar-refractivity contribution >= 4 is 13.9 Å². The minimum atomic E-state index is -3.28. The van der Waals surface area contributed by atoms with Crippen molar-refractivity contribution in [3.05, 3.63) is 0 Å². The maximum absolute atomic E-state index is 13.5. The van der Waals surface area contributed by atoms with Crippen LogP contribution in [0.25, 0.3) is 0 Å². The van der Waals surface area contributed by atoms with Gasteiger partial charge in [0.15, 0.2) is 5.78 Å². The van der Waals surface area contributed by atoms with Gasteiger partial charge in [0.2, 0.25) is 0 Å². The van der Waals surface area contributed by atoms with E-state index >= 15 is 0 Å². The molecule has 0 saturated heterocycles. The van der Waals surface area contributed by atoms with Crippen molar-refractivity contribution in [1.82, 2.24) is 4.90 Å². The van der Waals surface area contributed by atoms with Crippen LogP contribution in [0.15, 0.2) is 4.99 Å². The normalized spacial score (nSPS) is 40.7. The number of hydrogen-bond donors (Lipinski definition) is 0. The molecule has 1 aliphatic heterocycles. The van der Waals surface area contributed by atoms with Crippen molar-refractivity contribution in [2.24, 2.45) is 28.2 Å². The molecule has 0 aromatic heterocycles. The summed E-state index contributed by atoms with van der Waals surface area (Å²) in [7, 11) is -3.28. The Morgan fingerprint density at radius 3 is 2.00 bits per heavy atom. The first-order valence-electron chi connectivity index (χ1n) is 10.9. The van der Waals surface area contributed by atoms with Crippen LogP contribution in [0.3, 0.4) is 0 Å². The molecule has 5 aliphatic rings. The average molecular weight is 397 g/mol. The van der Waals surface area contributed by atoms with Gasteiger partial charge in [-0.3, -0.25) is 9.56 Å². The summed E-state index contributed by atoms with van der Waals surface area (Å²) >= 11 is 0. The van der Waals surface area contributed by atoms with Crippen LogP contribution in [-0.2, 0) is 13.6 Å². The number of aliphatic imine (C=N–C) groups is 1. The lowest BCUT2D eigenvalue weighted by molar-refractivity contribution is -0.0944. The predicted molar refractivity (Wildman–Crippen MR) is 109 cm³/mol. The van der Waals surface area contributed by atoms with Crippen LogP contribution in [0.4, 0.5) is 0 Å². The zero-order valence-electron chi connectivity index (χ0n) is 17.7. The molecular weight excluding hydrogens is 359 g/mol. The Balaban J connectivity index is 1.58. The van der Waals surface area contributed by atoms with Gasteiger partial charge < -0.3 is 13.9 Å². The molecule has 4 fully saturated rings. The van der Waals surface area contributed by atoms with Crippen molar-refractivity contribution < 1.29 is 13.6 Å². The number of rotatable bonds is 7. The Hall–Kier alpha value is -0.380. The predicted octanol–water partition coefficient (Wildman–Crippen LogP) is 5.31. The molecule has 2 atom stereocenters. The molecule has 0 spiro atoms. The van der Waals surface area contributed by atoms with Gasteiger partial charge in [0, 0.05) is 6.04 Å². The van der Waals surface area contributed by atoms with Crippen molar-refractivity contribution in [2.75, 3.05) is 13.2 Å². The molecule has 27 heavy (non-hydrogen) atoms. The summed E-state index contributed by atoms with van der Waals surface area (Å²) in [5.74, 6) is 2.32. The highest BCUT2D eigenvalue weighted by molar-refractivity contribution is 7.54. The second-order valence-corrected chi connectivity index (χ2v) is 12.1. The Kier molecular flexibility index (Phi) is 5.05. The van der Waals surface area contributed by atoms with E-state index in [4.69, 9.17) is 14.0 Å². The van der Waals surface area contributed by atoms with Crippen LogP contribution in [0, 0.1) is 23.2 Å². The van der Waals surface area contributed by atoms with E-state index < -0.39 is 13.4 Å². The van der Waals surface area contributed by atoms with Gasteiger partial charge in [-0.05, 0) is 96.3 Å². The Bertz CT molecular complexity index is 602. The highest BCUT2D eigenvalue weighted by Crippen LogP contribution is 2.64. The fourth-order valence-electron chi connectivity index (χ4n) is 7.19. The van der Waals surface area contributed by atoms with E-state index in [1.165, 1.54) is 38.5 Å². The maximum Gasteiger partial charge on any atom is 0.357 e. The van der Waals surface area contributed by atoms with E-state index in [2.05, 4.69) is 25.7 Å². The highest BCUT2D eigenvalue weighted by Gasteiger charge is 2.58. The second-order valence-electron chi connectivity index (χ2n) is 10.0. The summed E-state index contributed by atoms with van der Waals surface area (Å²) in [6.45, 7) is 11.2.